The average molecular weight is 283 g/mol. The van der Waals surface area contributed by atoms with Gasteiger partial charge in [-0.05, 0) is 51.5 Å². The quantitative estimate of drug-likeness (QED) is 0.809. The fourth-order valence-electron chi connectivity index (χ4n) is 4.05. The van der Waals surface area contributed by atoms with Crippen LogP contribution in [0.4, 0.5) is 0 Å². The SMILES string of the molecule is CCOC(C1CC1)C(NC)C1CCOC2(CCOC2)C1. The molecule has 4 nitrogen and oxygen atoms in total. The Balaban J connectivity index is 1.67. The van der Waals surface area contributed by atoms with Crippen molar-refractivity contribution in [1.82, 2.24) is 5.32 Å². The highest BCUT2D eigenvalue weighted by molar-refractivity contribution is 4.98. The zero-order valence-corrected chi connectivity index (χ0v) is 12.9. The summed E-state index contributed by atoms with van der Waals surface area (Å²) < 4.78 is 17.8. The van der Waals surface area contributed by atoms with Crippen LogP contribution in [-0.2, 0) is 14.2 Å². The second-order valence-corrected chi connectivity index (χ2v) is 6.66. The Bertz CT molecular complexity index is 313. The van der Waals surface area contributed by atoms with E-state index in [-0.39, 0.29) is 5.60 Å². The minimum Gasteiger partial charge on any atom is -0.378 e. The monoisotopic (exact) mass is 283 g/mol. The first-order valence-electron chi connectivity index (χ1n) is 8.28. The van der Waals surface area contributed by atoms with Gasteiger partial charge in [0.1, 0.15) is 0 Å². The summed E-state index contributed by atoms with van der Waals surface area (Å²) in [6.45, 7) is 5.43. The summed E-state index contributed by atoms with van der Waals surface area (Å²) in [5, 5.41) is 3.56. The van der Waals surface area contributed by atoms with Crippen LogP contribution in [0.5, 0.6) is 0 Å². The molecule has 0 amide bonds. The van der Waals surface area contributed by atoms with Crippen molar-refractivity contribution in [2.24, 2.45) is 11.8 Å². The molecule has 1 saturated carbocycles. The van der Waals surface area contributed by atoms with Gasteiger partial charge in [-0.3, -0.25) is 0 Å². The third-order valence-electron chi connectivity index (χ3n) is 5.24. The number of hydrogen-bond donors (Lipinski definition) is 1. The van der Waals surface area contributed by atoms with E-state index in [1.165, 1.54) is 12.8 Å². The fraction of sp³-hybridized carbons (Fsp3) is 1.00. The van der Waals surface area contributed by atoms with E-state index in [1.807, 2.05) is 0 Å². The Labute approximate surface area is 122 Å². The summed E-state index contributed by atoms with van der Waals surface area (Å²) in [6.07, 6.45) is 6.37. The number of ether oxygens (including phenoxy) is 3. The lowest BCUT2D eigenvalue weighted by molar-refractivity contribution is -0.113. The van der Waals surface area contributed by atoms with Crippen LogP contribution in [0.1, 0.15) is 39.0 Å². The molecule has 2 aliphatic heterocycles. The van der Waals surface area contributed by atoms with Gasteiger partial charge in [-0.1, -0.05) is 0 Å². The van der Waals surface area contributed by atoms with E-state index in [0.717, 1.165) is 51.6 Å². The summed E-state index contributed by atoms with van der Waals surface area (Å²) in [7, 11) is 2.09. The molecule has 2 saturated heterocycles. The van der Waals surface area contributed by atoms with Crippen LogP contribution in [0.15, 0.2) is 0 Å². The molecule has 1 spiro atoms. The maximum Gasteiger partial charge on any atom is 0.0939 e. The lowest BCUT2D eigenvalue weighted by Crippen LogP contribution is -2.52. The number of rotatable bonds is 6. The van der Waals surface area contributed by atoms with Crippen LogP contribution in [0, 0.1) is 11.8 Å². The lowest BCUT2D eigenvalue weighted by atomic mass is 9.78. The Morgan fingerprint density at radius 2 is 2.10 bits per heavy atom. The molecule has 116 valence electrons. The first-order chi connectivity index (χ1) is 9.78. The third-order valence-corrected chi connectivity index (χ3v) is 5.24. The van der Waals surface area contributed by atoms with Crippen LogP contribution in [0.2, 0.25) is 0 Å². The summed E-state index contributed by atoms with van der Waals surface area (Å²) in [5.74, 6) is 1.42. The van der Waals surface area contributed by atoms with Crippen LogP contribution in [0.3, 0.4) is 0 Å². The van der Waals surface area contributed by atoms with Gasteiger partial charge in [0.05, 0.1) is 18.3 Å². The van der Waals surface area contributed by atoms with E-state index in [1.54, 1.807) is 0 Å². The van der Waals surface area contributed by atoms with Crippen molar-refractivity contribution in [2.45, 2.75) is 56.8 Å². The summed E-state index contributed by atoms with van der Waals surface area (Å²) in [5.41, 5.74) is -0.00165. The zero-order valence-electron chi connectivity index (χ0n) is 12.9. The standard InChI is InChI=1S/C16H29NO3/c1-3-19-15(12-4-5-12)14(17-2)13-6-8-20-16(10-13)7-9-18-11-16/h12-15,17H,3-11H2,1-2H3. The molecular formula is C16H29NO3. The number of hydrogen-bond acceptors (Lipinski definition) is 4. The molecule has 1 N–H and O–H groups in total. The van der Waals surface area contributed by atoms with Crippen molar-refractivity contribution in [3.05, 3.63) is 0 Å². The maximum absolute atomic E-state index is 6.09. The molecule has 4 heteroatoms. The van der Waals surface area contributed by atoms with Gasteiger partial charge < -0.3 is 19.5 Å². The highest BCUT2D eigenvalue weighted by Gasteiger charge is 2.46. The largest absolute Gasteiger partial charge is 0.378 e. The fourth-order valence-corrected chi connectivity index (χ4v) is 4.05. The first kappa shape index (κ1) is 14.8. The Kier molecular flexibility index (Phi) is 4.65. The van der Waals surface area contributed by atoms with Gasteiger partial charge in [0.25, 0.3) is 0 Å². The van der Waals surface area contributed by atoms with Gasteiger partial charge in [-0.15, -0.1) is 0 Å². The van der Waals surface area contributed by atoms with Crippen LogP contribution in [0.25, 0.3) is 0 Å². The van der Waals surface area contributed by atoms with Gasteiger partial charge in [0, 0.05) is 32.3 Å². The van der Waals surface area contributed by atoms with Crippen LogP contribution in [-0.4, -0.2) is 51.2 Å². The molecule has 2 heterocycles. The van der Waals surface area contributed by atoms with E-state index in [4.69, 9.17) is 14.2 Å². The predicted octanol–water partition coefficient (Wildman–Crippen LogP) is 1.98. The molecule has 0 aromatic carbocycles. The molecular weight excluding hydrogens is 254 g/mol. The minimum atomic E-state index is -0.00165. The molecule has 3 fully saturated rings. The normalized spacial score (nSPS) is 37.2. The molecule has 3 rings (SSSR count). The van der Waals surface area contributed by atoms with Crippen LogP contribution >= 0.6 is 0 Å². The summed E-state index contributed by atoms with van der Waals surface area (Å²) in [4.78, 5) is 0. The van der Waals surface area contributed by atoms with Crippen molar-refractivity contribution in [3.8, 4) is 0 Å². The molecule has 20 heavy (non-hydrogen) atoms. The molecule has 4 atom stereocenters. The van der Waals surface area contributed by atoms with Crippen molar-refractivity contribution in [1.29, 1.82) is 0 Å². The first-order valence-corrected chi connectivity index (χ1v) is 8.28. The lowest BCUT2D eigenvalue weighted by Gasteiger charge is -2.42. The minimum absolute atomic E-state index is 0.00165. The van der Waals surface area contributed by atoms with Crippen molar-refractivity contribution < 1.29 is 14.2 Å². The van der Waals surface area contributed by atoms with Crippen LogP contribution < -0.4 is 5.32 Å². The van der Waals surface area contributed by atoms with Crippen molar-refractivity contribution >= 4 is 0 Å². The molecule has 0 aromatic heterocycles. The topological polar surface area (TPSA) is 39.7 Å². The summed E-state index contributed by atoms with van der Waals surface area (Å²) in [6, 6.07) is 0.462. The second kappa shape index (κ2) is 6.30. The second-order valence-electron chi connectivity index (χ2n) is 6.66. The van der Waals surface area contributed by atoms with Gasteiger partial charge >= 0.3 is 0 Å². The highest BCUT2D eigenvalue weighted by Crippen LogP contribution is 2.42. The molecule has 0 aromatic rings. The molecule has 1 aliphatic carbocycles. The molecule has 4 unspecified atom stereocenters. The Morgan fingerprint density at radius 3 is 2.70 bits per heavy atom. The molecule has 0 bridgehead atoms. The van der Waals surface area contributed by atoms with Gasteiger partial charge in [-0.25, -0.2) is 0 Å². The number of nitrogens with one attached hydrogen (secondary N) is 1. The van der Waals surface area contributed by atoms with E-state index in [2.05, 4.69) is 19.3 Å². The Morgan fingerprint density at radius 1 is 1.25 bits per heavy atom. The van der Waals surface area contributed by atoms with Crippen molar-refractivity contribution in [3.63, 3.8) is 0 Å². The zero-order chi connectivity index (χ0) is 14.0. The summed E-state index contributed by atoms with van der Waals surface area (Å²) >= 11 is 0. The van der Waals surface area contributed by atoms with Gasteiger partial charge in [-0.2, -0.15) is 0 Å². The average Bonchev–Trinajstić information content (AvgIpc) is 3.21. The van der Waals surface area contributed by atoms with E-state index >= 15 is 0 Å². The van der Waals surface area contributed by atoms with E-state index in [0.29, 0.717) is 18.1 Å². The number of likely N-dealkylation sites (N-methyl/N-ethyl adjacent to an activating group) is 1. The van der Waals surface area contributed by atoms with Gasteiger partial charge in [0.15, 0.2) is 0 Å². The molecule has 0 radical (unpaired) electrons. The maximum atomic E-state index is 6.09. The van der Waals surface area contributed by atoms with E-state index in [9.17, 15) is 0 Å². The Hall–Kier alpha value is -0.160. The van der Waals surface area contributed by atoms with Crippen molar-refractivity contribution in [2.75, 3.05) is 33.5 Å². The third kappa shape index (κ3) is 3.03. The highest BCUT2D eigenvalue weighted by atomic mass is 16.6. The predicted molar refractivity (Wildman–Crippen MR) is 77.8 cm³/mol. The smallest absolute Gasteiger partial charge is 0.0939 e. The van der Waals surface area contributed by atoms with E-state index < -0.39 is 0 Å². The molecule has 3 aliphatic rings. The van der Waals surface area contributed by atoms with Gasteiger partial charge in [0.2, 0.25) is 0 Å².